The van der Waals surface area contributed by atoms with Crippen LogP contribution in [0.4, 0.5) is 31.1 Å². The van der Waals surface area contributed by atoms with Crippen LogP contribution in [0.5, 0.6) is 0 Å². The maximum Gasteiger partial charge on any atom is 0.429 e. The van der Waals surface area contributed by atoms with Crippen molar-refractivity contribution in [1.29, 1.82) is 0 Å². The topological polar surface area (TPSA) is 75.7 Å². The fourth-order valence-corrected chi connectivity index (χ4v) is 1.94. The minimum absolute atomic E-state index is 0.435. The van der Waals surface area contributed by atoms with Gasteiger partial charge in [-0.15, -0.1) is 0 Å². The van der Waals surface area contributed by atoms with Crippen LogP contribution in [-0.2, 0) is 14.3 Å². The van der Waals surface area contributed by atoms with E-state index in [2.05, 4.69) is 0 Å². The number of urea groups is 1. The average Bonchev–Trinajstić information content (AvgIpc) is 2.57. The van der Waals surface area contributed by atoms with Crippen molar-refractivity contribution < 1.29 is 45.5 Å². The van der Waals surface area contributed by atoms with E-state index in [-0.39, 0.29) is 0 Å². The molecule has 1 rings (SSSR count). The van der Waals surface area contributed by atoms with Gasteiger partial charge in [-0.25, -0.2) is 14.5 Å². The second-order valence-corrected chi connectivity index (χ2v) is 6.06. The monoisotopic (exact) mass is 364 g/mol. The largest absolute Gasteiger partial charge is 0.458 e. The minimum Gasteiger partial charge on any atom is -0.458 e. The summed E-state index contributed by atoms with van der Waals surface area (Å²) in [6.07, 6.45) is -12.3. The number of hydrogen-bond donors (Lipinski definition) is 1. The lowest BCUT2D eigenvalue weighted by molar-refractivity contribution is -0.290. The Bertz CT molecular complexity index is 549. The van der Waals surface area contributed by atoms with Gasteiger partial charge in [-0.3, -0.25) is 4.79 Å². The molecule has 1 fully saturated rings. The summed E-state index contributed by atoms with van der Waals surface area (Å²) in [6.45, 7) is 4.95. The molecule has 0 aromatic heterocycles. The number of nitrogens with zero attached hydrogens (tertiary/aromatic N) is 1. The molecule has 1 aliphatic heterocycles. The summed E-state index contributed by atoms with van der Waals surface area (Å²) >= 11 is 0. The van der Waals surface area contributed by atoms with Gasteiger partial charge in [0.05, 0.1) is 0 Å². The Hall–Kier alpha value is -2.01. The third-order valence-electron chi connectivity index (χ3n) is 3.04. The molecule has 24 heavy (non-hydrogen) atoms. The number of halogens is 6. The number of amides is 3. The van der Waals surface area contributed by atoms with E-state index in [4.69, 9.17) is 4.74 Å². The molecular formula is C12H14F6N2O4. The zero-order chi connectivity index (χ0) is 19.3. The van der Waals surface area contributed by atoms with Crippen LogP contribution in [0.15, 0.2) is 0 Å². The molecule has 1 atom stereocenters. The lowest BCUT2D eigenvalue weighted by Gasteiger charge is -2.31. The lowest BCUT2D eigenvalue weighted by Crippen LogP contribution is -2.68. The fourth-order valence-electron chi connectivity index (χ4n) is 1.94. The second-order valence-electron chi connectivity index (χ2n) is 6.06. The Balaban J connectivity index is 3.29. The van der Waals surface area contributed by atoms with Crippen LogP contribution in [-0.4, -0.2) is 52.3 Å². The van der Waals surface area contributed by atoms with Gasteiger partial charge in [0.1, 0.15) is 11.6 Å². The van der Waals surface area contributed by atoms with Crippen molar-refractivity contribution >= 4 is 17.9 Å². The first kappa shape index (κ1) is 20.0. The van der Waals surface area contributed by atoms with Gasteiger partial charge >= 0.3 is 29.9 Å². The quantitative estimate of drug-likeness (QED) is 0.463. The van der Waals surface area contributed by atoms with Crippen LogP contribution in [0.2, 0.25) is 0 Å². The normalized spacial score (nSPS) is 20.0. The third kappa shape index (κ3) is 3.13. The molecular weight excluding hydrogens is 350 g/mol. The predicted molar refractivity (Wildman–Crippen MR) is 65.5 cm³/mol. The molecule has 0 bridgehead atoms. The van der Waals surface area contributed by atoms with Crippen molar-refractivity contribution in [2.45, 2.75) is 57.2 Å². The number of carbonyl (C=O) groups is 3. The van der Waals surface area contributed by atoms with Gasteiger partial charge in [-0.2, -0.15) is 26.3 Å². The van der Waals surface area contributed by atoms with Crippen LogP contribution in [0, 0.1) is 0 Å². The highest BCUT2D eigenvalue weighted by Crippen LogP contribution is 2.47. The maximum absolute atomic E-state index is 12.9. The van der Waals surface area contributed by atoms with Gasteiger partial charge in [0.25, 0.3) is 5.91 Å². The van der Waals surface area contributed by atoms with Gasteiger partial charge < -0.3 is 10.1 Å². The van der Waals surface area contributed by atoms with E-state index in [1.807, 2.05) is 0 Å². The first-order valence-electron chi connectivity index (χ1n) is 6.48. The summed E-state index contributed by atoms with van der Waals surface area (Å²) in [4.78, 5) is 34.8. The number of nitrogens with one attached hydrogen (secondary N) is 1. The van der Waals surface area contributed by atoms with Crippen molar-refractivity contribution in [2.75, 3.05) is 0 Å². The summed E-state index contributed by atoms with van der Waals surface area (Å²) in [5.41, 5.74) is -6.23. The molecule has 0 aliphatic carbocycles. The van der Waals surface area contributed by atoms with Crippen LogP contribution >= 0.6 is 0 Å². The van der Waals surface area contributed by atoms with Gasteiger partial charge in [0.2, 0.25) is 0 Å². The highest BCUT2D eigenvalue weighted by molar-refractivity contribution is 6.10. The van der Waals surface area contributed by atoms with Gasteiger partial charge in [-0.1, -0.05) is 0 Å². The van der Waals surface area contributed by atoms with Crippen LogP contribution in [0.3, 0.4) is 0 Å². The van der Waals surface area contributed by atoms with Crippen molar-refractivity contribution in [3.05, 3.63) is 0 Å². The van der Waals surface area contributed by atoms with E-state index in [1.165, 1.54) is 20.8 Å². The number of esters is 1. The highest BCUT2D eigenvalue weighted by Gasteiger charge is 2.81. The Morgan fingerprint density at radius 3 is 1.79 bits per heavy atom. The molecule has 0 aromatic carbocycles. The first-order chi connectivity index (χ1) is 10.5. The van der Waals surface area contributed by atoms with Gasteiger partial charge in [-0.05, 0) is 27.7 Å². The molecule has 0 unspecified atom stereocenters. The molecule has 0 radical (unpaired) electrons. The van der Waals surface area contributed by atoms with E-state index >= 15 is 0 Å². The minimum atomic E-state index is -6.15. The van der Waals surface area contributed by atoms with Crippen molar-refractivity contribution in [3.8, 4) is 0 Å². The summed E-state index contributed by atoms with van der Waals surface area (Å²) in [5, 5.41) is 0.625. The molecule has 6 nitrogen and oxygen atoms in total. The zero-order valence-electron chi connectivity index (χ0n) is 12.9. The number of carbonyl (C=O) groups excluding carboxylic acids is 3. The molecule has 0 aromatic rings. The van der Waals surface area contributed by atoms with Crippen molar-refractivity contribution in [3.63, 3.8) is 0 Å². The first-order valence-corrected chi connectivity index (χ1v) is 6.48. The van der Waals surface area contributed by atoms with E-state index in [0.29, 0.717) is 5.32 Å². The summed E-state index contributed by atoms with van der Waals surface area (Å²) in [6, 6.07) is -3.98. The van der Waals surface area contributed by atoms with E-state index < -0.39 is 52.3 Å². The molecule has 1 N–H and O–H groups in total. The van der Waals surface area contributed by atoms with Gasteiger partial charge in [0.15, 0.2) is 0 Å². The Morgan fingerprint density at radius 2 is 1.50 bits per heavy atom. The zero-order valence-corrected chi connectivity index (χ0v) is 12.9. The summed E-state index contributed by atoms with van der Waals surface area (Å²) < 4.78 is 82.5. The predicted octanol–water partition coefficient (Wildman–Crippen LogP) is 2.13. The molecule has 0 spiro atoms. The molecule has 138 valence electrons. The molecule has 1 aliphatic rings. The van der Waals surface area contributed by atoms with Crippen LogP contribution in [0.25, 0.3) is 0 Å². The fraction of sp³-hybridized carbons (Fsp3) is 0.750. The second kappa shape index (κ2) is 5.52. The SMILES string of the molecule is C[C@@H](C(=O)OC(C)(C)C)N1C(=O)NC(C(F)(F)F)(C(F)(F)F)C1=O. The van der Waals surface area contributed by atoms with E-state index in [9.17, 15) is 40.7 Å². The molecule has 3 amide bonds. The number of alkyl halides is 6. The molecule has 1 saturated heterocycles. The summed E-state index contributed by atoms with van der Waals surface area (Å²) in [5.74, 6) is -3.96. The average molecular weight is 364 g/mol. The van der Waals surface area contributed by atoms with Crippen molar-refractivity contribution in [1.82, 2.24) is 10.2 Å². The Kier molecular flexibility index (Phi) is 4.61. The number of ether oxygens (including phenoxy) is 1. The molecule has 1 heterocycles. The lowest BCUT2D eigenvalue weighted by atomic mass is 9.97. The third-order valence-corrected chi connectivity index (χ3v) is 3.04. The van der Waals surface area contributed by atoms with E-state index in [1.54, 1.807) is 0 Å². The number of imide groups is 1. The Morgan fingerprint density at radius 1 is 1.08 bits per heavy atom. The van der Waals surface area contributed by atoms with Gasteiger partial charge in [0, 0.05) is 0 Å². The van der Waals surface area contributed by atoms with Crippen molar-refractivity contribution in [2.24, 2.45) is 0 Å². The highest BCUT2D eigenvalue weighted by atomic mass is 19.4. The van der Waals surface area contributed by atoms with E-state index in [0.717, 1.165) is 6.92 Å². The summed E-state index contributed by atoms with van der Waals surface area (Å²) in [7, 11) is 0. The number of rotatable bonds is 2. The molecule has 12 heteroatoms. The Labute approximate surface area is 132 Å². The maximum atomic E-state index is 12.9. The van der Waals surface area contributed by atoms with Crippen LogP contribution < -0.4 is 5.32 Å². The molecule has 0 saturated carbocycles. The van der Waals surface area contributed by atoms with Crippen LogP contribution in [0.1, 0.15) is 27.7 Å². The smallest absolute Gasteiger partial charge is 0.429 e. The number of hydrogen-bond acceptors (Lipinski definition) is 4. The standard InChI is InChI=1S/C12H14F6N2O4/c1-5(6(21)24-9(2,3)4)20-7(22)10(11(13,14)15,12(16,17)18)19-8(20)23/h5H,1-4H3,(H,19,23)/t5-/m0/s1.